The van der Waals surface area contributed by atoms with Gasteiger partial charge in [-0.25, -0.2) is 9.59 Å². The second kappa shape index (κ2) is 9.58. The third kappa shape index (κ3) is 4.71. The Bertz CT molecular complexity index is 1010. The first-order valence-electron chi connectivity index (χ1n) is 9.66. The lowest BCUT2D eigenvalue weighted by molar-refractivity contribution is -0.132. The monoisotopic (exact) mass is 429 g/mol. The predicted octanol–water partition coefficient (Wildman–Crippen LogP) is 4.08. The van der Waals surface area contributed by atoms with Gasteiger partial charge in [0.25, 0.3) is 0 Å². The van der Waals surface area contributed by atoms with Crippen LogP contribution in [0.5, 0.6) is 5.75 Å². The molecule has 8 heteroatoms. The number of methoxy groups -OCH3 is 1. The van der Waals surface area contributed by atoms with Crippen molar-refractivity contribution in [3.63, 3.8) is 0 Å². The zero-order valence-electron chi connectivity index (χ0n) is 16.8. The van der Waals surface area contributed by atoms with E-state index in [4.69, 9.17) is 9.47 Å². The number of ether oxygens (including phenoxy) is 2. The summed E-state index contributed by atoms with van der Waals surface area (Å²) in [6.45, 7) is 1.94. The largest absolute Gasteiger partial charge is 0.497 e. The number of carboxylic acids is 1. The molecular weight excluding hydrogens is 406 g/mol. The quantitative estimate of drug-likeness (QED) is 0.370. The number of ketones is 1. The summed E-state index contributed by atoms with van der Waals surface area (Å²) in [5.74, 6) is -1.77. The number of benzene rings is 1. The number of aryl methyl sites for hydroxylation is 1. The van der Waals surface area contributed by atoms with Gasteiger partial charge in [-0.3, -0.25) is 4.79 Å². The van der Waals surface area contributed by atoms with Gasteiger partial charge in [0.05, 0.1) is 19.3 Å². The molecule has 2 aromatic rings. The van der Waals surface area contributed by atoms with Crippen LogP contribution in [-0.4, -0.2) is 36.5 Å². The Balaban J connectivity index is 1.96. The Labute approximate surface area is 178 Å². The lowest BCUT2D eigenvalue weighted by Crippen LogP contribution is -2.15. The van der Waals surface area contributed by atoms with Crippen LogP contribution in [0.2, 0.25) is 0 Å². The van der Waals surface area contributed by atoms with Gasteiger partial charge >= 0.3 is 11.9 Å². The second-order valence-electron chi connectivity index (χ2n) is 6.72. The molecule has 3 rings (SSSR count). The highest BCUT2D eigenvalue weighted by molar-refractivity contribution is 7.16. The van der Waals surface area contributed by atoms with Gasteiger partial charge in [-0.05, 0) is 50.3 Å². The molecule has 0 spiro atoms. The van der Waals surface area contributed by atoms with E-state index in [0.29, 0.717) is 21.9 Å². The van der Waals surface area contributed by atoms with Crippen LogP contribution in [0, 0.1) is 0 Å². The van der Waals surface area contributed by atoms with Crippen molar-refractivity contribution >= 4 is 34.1 Å². The van der Waals surface area contributed by atoms with Gasteiger partial charge in [0, 0.05) is 16.5 Å². The third-order valence-corrected chi connectivity index (χ3v) is 5.97. The number of carboxylic acid groups (broad SMARTS) is 1. The molecule has 0 aliphatic heterocycles. The molecular formula is C22H23NO6S. The van der Waals surface area contributed by atoms with E-state index in [1.807, 2.05) is 0 Å². The molecule has 0 unspecified atom stereocenters. The van der Waals surface area contributed by atoms with Crippen LogP contribution in [-0.2, 0) is 22.4 Å². The van der Waals surface area contributed by atoms with Crippen LogP contribution in [0.3, 0.4) is 0 Å². The van der Waals surface area contributed by atoms with Crippen molar-refractivity contribution in [2.45, 2.75) is 32.6 Å². The molecule has 1 aliphatic carbocycles. The Hall–Kier alpha value is -3.13. The molecule has 2 N–H and O–H groups in total. The Morgan fingerprint density at radius 2 is 2.00 bits per heavy atom. The van der Waals surface area contributed by atoms with Crippen LogP contribution in [0.15, 0.2) is 36.0 Å². The van der Waals surface area contributed by atoms with Crippen molar-refractivity contribution < 1.29 is 29.0 Å². The second-order valence-corrected chi connectivity index (χ2v) is 7.83. The van der Waals surface area contributed by atoms with Gasteiger partial charge < -0.3 is 19.9 Å². The average Bonchev–Trinajstić information content (AvgIpc) is 3.11. The molecule has 1 aliphatic rings. The first kappa shape index (κ1) is 21.6. The minimum atomic E-state index is -1.30. The van der Waals surface area contributed by atoms with Crippen LogP contribution in [0.1, 0.15) is 50.9 Å². The van der Waals surface area contributed by atoms with Gasteiger partial charge in [0.15, 0.2) is 5.78 Å². The minimum absolute atomic E-state index is 0.221. The average molecular weight is 429 g/mol. The van der Waals surface area contributed by atoms with Gasteiger partial charge in [-0.2, -0.15) is 0 Å². The zero-order valence-corrected chi connectivity index (χ0v) is 17.6. The highest BCUT2D eigenvalue weighted by Gasteiger charge is 2.27. The number of nitrogens with one attached hydrogen (secondary N) is 1. The van der Waals surface area contributed by atoms with Crippen LogP contribution in [0.4, 0.5) is 5.00 Å². The summed E-state index contributed by atoms with van der Waals surface area (Å²) in [7, 11) is 1.49. The summed E-state index contributed by atoms with van der Waals surface area (Å²) in [5, 5.41) is 12.8. The van der Waals surface area contributed by atoms with Crippen LogP contribution < -0.4 is 10.1 Å². The number of anilines is 1. The normalized spacial score (nSPS) is 13.3. The summed E-state index contributed by atoms with van der Waals surface area (Å²) in [5.41, 5.74) is 1.27. The molecule has 0 amide bonds. The van der Waals surface area contributed by atoms with Crippen LogP contribution >= 0.6 is 11.3 Å². The Morgan fingerprint density at radius 3 is 2.70 bits per heavy atom. The summed E-state index contributed by atoms with van der Waals surface area (Å²) >= 11 is 1.34. The van der Waals surface area contributed by atoms with Crippen molar-refractivity contribution in [1.82, 2.24) is 0 Å². The number of carbonyl (C=O) groups is 3. The molecule has 0 bridgehead atoms. The Morgan fingerprint density at radius 1 is 1.23 bits per heavy atom. The fourth-order valence-electron chi connectivity index (χ4n) is 3.34. The fourth-order valence-corrected chi connectivity index (χ4v) is 4.63. The number of aliphatic carboxylic acids is 1. The number of esters is 1. The van der Waals surface area contributed by atoms with Gasteiger partial charge in [-0.15, -0.1) is 11.3 Å². The molecule has 0 atom stereocenters. The van der Waals surface area contributed by atoms with E-state index in [-0.39, 0.29) is 12.3 Å². The maximum atomic E-state index is 12.6. The predicted molar refractivity (Wildman–Crippen MR) is 114 cm³/mol. The lowest BCUT2D eigenvalue weighted by Gasteiger charge is -2.12. The molecule has 1 aromatic carbocycles. The summed E-state index contributed by atoms with van der Waals surface area (Å²) in [6.07, 6.45) is 4.58. The first-order chi connectivity index (χ1) is 14.4. The maximum Gasteiger partial charge on any atom is 0.352 e. The van der Waals surface area contributed by atoms with E-state index >= 15 is 0 Å². The number of allylic oxidation sites excluding steroid dienone is 1. The van der Waals surface area contributed by atoms with E-state index in [1.54, 1.807) is 25.1 Å². The number of thiophene rings is 1. The van der Waals surface area contributed by atoms with Crippen molar-refractivity contribution in [3.05, 3.63) is 57.6 Å². The molecule has 30 heavy (non-hydrogen) atoms. The topological polar surface area (TPSA) is 102 Å². The number of fused-ring (bicyclic) bond motifs is 1. The van der Waals surface area contributed by atoms with Crippen molar-refractivity contribution in [2.24, 2.45) is 0 Å². The number of hydrogen-bond acceptors (Lipinski definition) is 7. The number of hydrogen-bond donors (Lipinski definition) is 2. The third-order valence-electron chi connectivity index (χ3n) is 4.76. The number of rotatable bonds is 8. The highest BCUT2D eigenvalue weighted by Crippen LogP contribution is 2.39. The van der Waals surface area contributed by atoms with Crippen molar-refractivity contribution in [1.29, 1.82) is 0 Å². The van der Waals surface area contributed by atoms with Crippen molar-refractivity contribution in [2.75, 3.05) is 19.0 Å². The highest BCUT2D eigenvalue weighted by atomic mass is 32.1. The van der Waals surface area contributed by atoms with E-state index in [2.05, 4.69) is 5.32 Å². The molecule has 0 saturated carbocycles. The summed E-state index contributed by atoms with van der Waals surface area (Å²) < 4.78 is 10.3. The van der Waals surface area contributed by atoms with Crippen molar-refractivity contribution in [3.8, 4) is 5.75 Å². The molecule has 0 saturated heterocycles. The van der Waals surface area contributed by atoms with E-state index < -0.39 is 17.7 Å². The molecule has 158 valence electrons. The number of carbonyl (C=O) groups excluding carboxylic acids is 2. The van der Waals surface area contributed by atoms with E-state index in [0.717, 1.165) is 42.2 Å². The smallest absolute Gasteiger partial charge is 0.352 e. The van der Waals surface area contributed by atoms with Gasteiger partial charge in [0.2, 0.25) is 0 Å². The molecule has 0 fully saturated rings. The molecule has 7 nitrogen and oxygen atoms in total. The maximum absolute atomic E-state index is 12.6. The zero-order chi connectivity index (χ0) is 21.7. The van der Waals surface area contributed by atoms with Gasteiger partial charge in [-0.1, -0.05) is 12.1 Å². The Kier molecular flexibility index (Phi) is 6.89. The molecule has 1 aromatic heterocycles. The first-order valence-corrected chi connectivity index (χ1v) is 10.5. The minimum Gasteiger partial charge on any atom is -0.497 e. The summed E-state index contributed by atoms with van der Waals surface area (Å²) in [4.78, 5) is 38.0. The SMILES string of the molecule is CCOC(=O)c1c(NC(=CC(=O)c2cccc(OC)c2)C(=O)O)sc2c1CCCC2. The fraction of sp³-hybridized carbons (Fsp3) is 0.318. The molecule has 0 radical (unpaired) electrons. The van der Waals surface area contributed by atoms with Gasteiger partial charge in [0.1, 0.15) is 16.4 Å². The summed E-state index contributed by atoms with van der Waals surface area (Å²) in [6, 6.07) is 6.46. The van der Waals surface area contributed by atoms with E-state index in [1.165, 1.54) is 24.5 Å². The van der Waals surface area contributed by atoms with E-state index in [9.17, 15) is 19.5 Å². The lowest BCUT2D eigenvalue weighted by atomic mass is 9.95. The standard InChI is InChI=1S/C22H23NO6S/c1-3-29-22(27)19-15-9-4-5-10-18(15)30-20(19)23-16(21(25)26)12-17(24)13-7-6-8-14(11-13)28-2/h6-8,11-12,23H,3-5,9-10H2,1-2H3,(H,25,26). The molecule has 1 heterocycles. The van der Waals surface area contributed by atoms with Crippen LogP contribution in [0.25, 0.3) is 0 Å².